The minimum absolute atomic E-state index is 0.0322. The molecule has 6 heteroatoms. The molecule has 0 bridgehead atoms. The lowest BCUT2D eigenvalue weighted by Crippen LogP contribution is -2.46. The van der Waals surface area contributed by atoms with Gasteiger partial charge in [0.05, 0.1) is 25.2 Å². The second-order valence-corrected chi connectivity index (χ2v) is 17.9. The van der Waals surface area contributed by atoms with Gasteiger partial charge in [0, 0.05) is 6.42 Å². The van der Waals surface area contributed by atoms with E-state index in [-0.39, 0.29) is 24.9 Å². The zero-order chi connectivity index (χ0) is 45.9. The standard InChI is InChI=1S/C57H101NO5/c1-4-7-10-13-16-19-22-25-27-28-30-32-35-38-41-44-47-50-57(62)63-53(48-45-42-39-36-33-24-21-18-15-12-9-6-3)51-56(61)58-54(52-59)55(60)49-46-43-40-37-34-31-29-26-23-20-17-14-11-8-5-2/h7,10,16,19,25,27,30,32,36,38-39,41,53-55,59-60H,4-6,8-9,11-15,17-18,20-24,26,28-29,31,33-35,37,40,42-52H2,1-3H3,(H,58,61)/b10-7-,19-16-,27-25-,32-30-,39-36-,41-38-. The molecule has 0 aliphatic carbocycles. The maximum Gasteiger partial charge on any atom is 0.306 e. The van der Waals surface area contributed by atoms with Crippen LogP contribution < -0.4 is 5.32 Å². The van der Waals surface area contributed by atoms with E-state index in [2.05, 4.69) is 99.0 Å². The predicted octanol–water partition coefficient (Wildman–Crippen LogP) is 16.2. The molecular weight excluding hydrogens is 779 g/mol. The highest BCUT2D eigenvalue weighted by Gasteiger charge is 2.24. The van der Waals surface area contributed by atoms with Crippen LogP contribution in [0.3, 0.4) is 0 Å². The average Bonchev–Trinajstić information content (AvgIpc) is 3.28. The van der Waals surface area contributed by atoms with Crippen molar-refractivity contribution in [2.24, 2.45) is 0 Å². The lowest BCUT2D eigenvalue weighted by molar-refractivity contribution is -0.151. The normalized spacial score (nSPS) is 13.8. The minimum atomic E-state index is -0.806. The zero-order valence-electron chi connectivity index (χ0n) is 41.4. The van der Waals surface area contributed by atoms with Crippen molar-refractivity contribution in [2.45, 2.75) is 270 Å². The average molecular weight is 880 g/mol. The van der Waals surface area contributed by atoms with Crippen LogP contribution in [0.25, 0.3) is 0 Å². The van der Waals surface area contributed by atoms with Crippen LogP contribution in [0.5, 0.6) is 0 Å². The van der Waals surface area contributed by atoms with E-state index in [1.807, 2.05) is 0 Å². The molecule has 0 aromatic heterocycles. The van der Waals surface area contributed by atoms with Crippen molar-refractivity contribution in [3.63, 3.8) is 0 Å². The summed E-state index contributed by atoms with van der Waals surface area (Å²) < 4.78 is 5.89. The number of allylic oxidation sites excluding steroid dienone is 12. The molecule has 0 rings (SSSR count). The highest BCUT2D eigenvalue weighted by molar-refractivity contribution is 5.77. The Morgan fingerprint density at radius 1 is 0.476 bits per heavy atom. The summed E-state index contributed by atoms with van der Waals surface area (Å²) in [4.78, 5) is 26.1. The smallest absolute Gasteiger partial charge is 0.306 e. The van der Waals surface area contributed by atoms with Gasteiger partial charge in [-0.3, -0.25) is 9.59 Å². The van der Waals surface area contributed by atoms with Crippen LogP contribution in [0.15, 0.2) is 72.9 Å². The number of nitrogens with one attached hydrogen (secondary N) is 1. The summed E-state index contributed by atoms with van der Waals surface area (Å²) in [6.45, 7) is 6.35. The third-order valence-corrected chi connectivity index (χ3v) is 11.8. The largest absolute Gasteiger partial charge is 0.462 e. The number of esters is 1. The fourth-order valence-corrected chi connectivity index (χ4v) is 7.76. The number of ether oxygens (including phenoxy) is 1. The molecular formula is C57H101NO5. The first kappa shape index (κ1) is 60.3. The third kappa shape index (κ3) is 45.7. The Morgan fingerprint density at radius 3 is 1.35 bits per heavy atom. The zero-order valence-corrected chi connectivity index (χ0v) is 41.4. The fourth-order valence-electron chi connectivity index (χ4n) is 7.76. The maximum atomic E-state index is 13.2. The molecule has 0 aromatic carbocycles. The number of aliphatic hydroxyl groups excluding tert-OH is 2. The van der Waals surface area contributed by atoms with Crippen molar-refractivity contribution < 1.29 is 24.5 Å². The Morgan fingerprint density at radius 2 is 0.873 bits per heavy atom. The van der Waals surface area contributed by atoms with Crippen molar-refractivity contribution in [1.29, 1.82) is 0 Å². The number of hydrogen-bond acceptors (Lipinski definition) is 5. The van der Waals surface area contributed by atoms with Crippen molar-refractivity contribution >= 4 is 11.9 Å². The number of unbranched alkanes of at least 4 members (excludes halogenated alkanes) is 23. The van der Waals surface area contributed by atoms with Crippen molar-refractivity contribution in [1.82, 2.24) is 5.32 Å². The van der Waals surface area contributed by atoms with E-state index in [4.69, 9.17) is 4.74 Å². The SMILES string of the molecule is CC/C=C\C/C=C\C/C=C\C/C=C\C/C=C\CCCC(=O)OC(CCC/C=C\CCCCCCCCC)CC(=O)NC(CO)C(O)CCCCCCCCCCCCCCCCC. The minimum Gasteiger partial charge on any atom is -0.462 e. The Bertz CT molecular complexity index is 1170. The topological polar surface area (TPSA) is 95.9 Å². The van der Waals surface area contributed by atoms with Crippen LogP contribution in [0.1, 0.15) is 252 Å². The monoisotopic (exact) mass is 880 g/mol. The molecule has 0 radical (unpaired) electrons. The molecule has 364 valence electrons. The van der Waals surface area contributed by atoms with Gasteiger partial charge in [-0.05, 0) is 83.5 Å². The molecule has 6 nitrogen and oxygen atoms in total. The molecule has 0 aliphatic rings. The lowest BCUT2D eigenvalue weighted by atomic mass is 10.0. The molecule has 3 atom stereocenters. The maximum absolute atomic E-state index is 13.2. The van der Waals surface area contributed by atoms with Crippen LogP contribution in [0.4, 0.5) is 0 Å². The highest BCUT2D eigenvalue weighted by atomic mass is 16.5. The Hall–Kier alpha value is -2.70. The van der Waals surface area contributed by atoms with E-state index < -0.39 is 18.2 Å². The molecule has 1 amide bonds. The van der Waals surface area contributed by atoms with E-state index in [9.17, 15) is 19.8 Å². The third-order valence-electron chi connectivity index (χ3n) is 11.8. The van der Waals surface area contributed by atoms with E-state index in [1.165, 1.54) is 122 Å². The molecule has 0 aliphatic heterocycles. The second-order valence-electron chi connectivity index (χ2n) is 17.9. The van der Waals surface area contributed by atoms with Gasteiger partial charge in [0.25, 0.3) is 0 Å². The van der Waals surface area contributed by atoms with E-state index >= 15 is 0 Å². The summed E-state index contributed by atoms with van der Waals surface area (Å²) in [6, 6.07) is -0.724. The van der Waals surface area contributed by atoms with Crippen LogP contribution in [0, 0.1) is 0 Å². The number of rotatable bonds is 47. The van der Waals surface area contributed by atoms with E-state index in [0.29, 0.717) is 25.7 Å². The van der Waals surface area contributed by atoms with Gasteiger partial charge < -0.3 is 20.3 Å². The summed E-state index contributed by atoms with van der Waals surface area (Å²) in [5.41, 5.74) is 0. The number of carbonyl (C=O) groups is 2. The molecule has 3 N–H and O–H groups in total. The van der Waals surface area contributed by atoms with E-state index in [1.54, 1.807) is 0 Å². The Kier molecular flexibility index (Phi) is 48.1. The van der Waals surface area contributed by atoms with Gasteiger partial charge in [-0.25, -0.2) is 0 Å². The Balaban J connectivity index is 4.65. The van der Waals surface area contributed by atoms with E-state index in [0.717, 1.165) is 77.0 Å². The van der Waals surface area contributed by atoms with Crippen LogP contribution in [0.2, 0.25) is 0 Å². The summed E-state index contributed by atoms with van der Waals surface area (Å²) in [6.07, 6.45) is 64.0. The van der Waals surface area contributed by atoms with Crippen molar-refractivity contribution in [2.75, 3.05) is 6.61 Å². The quantitative estimate of drug-likeness (QED) is 0.0321. The van der Waals surface area contributed by atoms with Gasteiger partial charge in [-0.15, -0.1) is 0 Å². The molecule has 0 aromatic rings. The van der Waals surface area contributed by atoms with Gasteiger partial charge in [0.2, 0.25) is 5.91 Å². The first-order valence-corrected chi connectivity index (χ1v) is 26.7. The first-order valence-electron chi connectivity index (χ1n) is 26.7. The summed E-state index contributed by atoms with van der Waals surface area (Å²) in [5.74, 6) is -0.572. The molecule has 0 heterocycles. The van der Waals surface area contributed by atoms with Gasteiger partial charge in [-0.1, -0.05) is 229 Å². The molecule has 63 heavy (non-hydrogen) atoms. The van der Waals surface area contributed by atoms with Gasteiger partial charge in [0.1, 0.15) is 6.10 Å². The first-order chi connectivity index (χ1) is 31.0. The summed E-state index contributed by atoms with van der Waals surface area (Å²) >= 11 is 0. The number of carbonyl (C=O) groups excluding carboxylic acids is 2. The molecule has 0 fully saturated rings. The predicted molar refractivity (Wildman–Crippen MR) is 273 cm³/mol. The van der Waals surface area contributed by atoms with Crippen LogP contribution >= 0.6 is 0 Å². The summed E-state index contributed by atoms with van der Waals surface area (Å²) in [7, 11) is 0. The molecule has 3 unspecified atom stereocenters. The summed E-state index contributed by atoms with van der Waals surface area (Å²) in [5, 5.41) is 23.8. The highest BCUT2D eigenvalue weighted by Crippen LogP contribution is 2.17. The second kappa shape index (κ2) is 50.3. The van der Waals surface area contributed by atoms with Gasteiger partial charge in [0.15, 0.2) is 0 Å². The van der Waals surface area contributed by atoms with Crippen molar-refractivity contribution in [3.05, 3.63) is 72.9 Å². The van der Waals surface area contributed by atoms with Gasteiger partial charge >= 0.3 is 5.97 Å². The van der Waals surface area contributed by atoms with Crippen LogP contribution in [-0.4, -0.2) is 46.9 Å². The Labute approximate surface area is 390 Å². The molecule has 0 saturated carbocycles. The van der Waals surface area contributed by atoms with Gasteiger partial charge in [-0.2, -0.15) is 0 Å². The van der Waals surface area contributed by atoms with Crippen LogP contribution in [-0.2, 0) is 14.3 Å². The van der Waals surface area contributed by atoms with Crippen molar-refractivity contribution in [3.8, 4) is 0 Å². The number of hydrogen-bond donors (Lipinski definition) is 3. The number of aliphatic hydroxyl groups is 2. The fraction of sp³-hybridized carbons (Fsp3) is 0.754. The molecule has 0 spiro atoms. The lowest BCUT2D eigenvalue weighted by Gasteiger charge is -2.24. The molecule has 0 saturated heterocycles. The number of amides is 1.